The highest BCUT2D eigenvalue weighted by molar-refractivity contribution is 9.10. The van der Waals surface area contributed by atoms with Crippen molar-refractivity contribution in [1.29, 1.82) is 0 Å². The number of ether oxygens (including phenoxy) is 3. The summed E-state index contributed by atoms with van der Waals surface area (Å²) in [6.45, 7) is 2.03. The first-order valence-electron chi connectivity index (χ1n) is 8.20. The summed E-state index contributed by atoms with van der Waals surface area (Å²) in [5.74, 6) is 0.266. The van der Waals surface area contributed by atoms with Crippen molar-refractivity contribution in [2.45, 2.75) is 11.8 Å². The molecular formula is C19H20BrNO6S. The van der Waals surface area contributed by atoms with Gasteiger partial charge in [0.1, 0.15) is 4.90 Å². The lowest BCUT2D eigenvalue weighted by atomic mass is 10.2. The number of esters is 1. The number of halogens is 1. The summed E-state index contributed by atoms with van der Waals surface area (Å²) in [5, 5.41) is 0. The molecule has 0 saturated heterocycles. The zero-order valence-electron chi connectivity index (χ0n) is 15.6. The van der Waals surface area contributed by atoms with Gasteiger partial charge in [-0.1, -0.05) is 12.1 Å². The fraction of sp³-hybridized carbons (Fsp3) is 0.211. The SMILES string of the molecule is CCOC(=O)/C=C/c1ccc(NS(=O)(=O)c2cc(OC)c(OC)cc2Br)cc1. The van der Waals surface area contributed by atoms with E-state index in [-0.39, 0.29) is 4.90 Å². The predicted octanol–water partition coefficient (Wildman–Crippen LogP) is 3.84. The van der Waals surface area contributed by atoms with E-state index in [2.05, 4.69) is 20.7 Å². The number of hydrogen-bond acceptors (Lipinski definition) is 6. The van der Waals surface area contributed by atoms with Crippen molar-refractivity contribution in [3.8, 4) is 11.5 Å². The van der Waals surface area contributed by atoms with Crippen molar-refractivity contribution in [1.82, 2.24) is 0 Å². The lowest BCUT2D eigenvalue weighted by Crippen LogP contribution is -2.14. The smallest absolute Gasteiger partial charge is 0.330 e. The Morgan fingerprint density at radius 2 is 1.71 bits per heavy atom. The van der Waals surface area contributed by atoms with Crippen LogP contribution in [-0.4, -0.2) is 35.2 Å². The van der Waals surface area contributed by atoms with E-state index in [0.29, 0.717) is 28.3 Å². The van der Waals surface area contributed by atoms with Gasteiger partial charge in [-0.25, -0.2) is 13.2 Å². The number of carbonyl (C=O) groups excluding carboxylic acids is 1. The summed E-state index contributed by atoms with van der Waals surface area (Å²) in [6.07, 6.45) is 2.89. The first-order chi connectivity index (χ1) is 13.3. The van der Waals surface area contributed by atoms with Crippen molar-refractivity contribution in [3.63, 3.8) is 0 Å². The minimum absolute atomic E-state index is 0.0106. The summed E-state index contributed by atoms with van der Waals surface area (Å²) in [7, 11) is -0.976. The molecule has 150 valence electrons. The molecule has 0 aliphatic carbocycles. The summed E-state index contributed by atoms with van der Waals surface area (Å²) in [5.41, 5.74) is 1.10. The third kappa shape index (κ3) is 5.49. The molecule has 0 bridgehead atoms. The van der Waals surface area contributed by atoms with Crippen LogP contribution in [0.4, 0.5) is 5.69 Å². The van der Waals surface area contributed by atoms with Crippen LogP contribution >= 0.6 is 15.9 Å². The molecule has 7 nitrogen and oxygen atoms in total. The second-order valence-corrected chi connectivity index (χ2v) is 7.96. The summed E-state index contributed by atoms with van der Waals surface area (Å²) < 4.78 is 43.5. The van der Waals surface area contributed by atoms with Crippen LogP contribution in [0.25, 0.3) is 6.08 Å². The molecule has 0 fully saturated rings. The summed E-state index contributed by atoms with van der Waals surface area (Å²) >= 11 is 3.25. The van der Waals surface area contributed by atoms with Gasteiger partial charge in [-0.15, -0.1) is 0 Å². The van der Waals surface area contributed by atoms with Crippen LogP contribution in [0.2, 0.25) is 0 Å². The van der Waals surface area contributed by atoms with Gasteiger partial charge in [0, 0.05) is 22.3 Å². The third-order valence-electron chi connectivity index (χ3n) is 3.59. The van der Waals surface area contributed by atoms with Gasteiger partial charge in [0.25, 0.3) is 10.0 Å². The molecule has 0 radical (unpaired) electrons. The third-order valence-corrected chi connectivity index (χ3v) is 5.93. The average Bonchev–Trinajstić information content (AvgIpc) is 2.67. The molecule has 0 unspecified atom stereocenters. The molecule has 28 heavy (non-hydrogen) atoms. The summed E-state index contributed by atoms with van der Waals surface area (Å²) in [6, 6.07) is 9.45. The molecule has 9 heteroatoms. The molecule has 0 amide bonds. The second-order valence-electron chi connectivity index (χ2n) is 5.45. The van der Waals surface area contributed by atoms with Crippen molar-refractivity contribution >= 4 is 43.7 Å². The van der Waals surface area contributed by atoms with Crippen LogP contribution in [0.5, 0.6) is 11.5 Å². The predicted molar refractivity (Wildman–Crippen MR) is 110 cm³/mol. The van der Waals surface area contributed by atoms with E-state index >= 15 is 0 Å². The van der Waals surface area contributed by atoms with Crippen molar-refractivity contribution in [2.75, 3.05) is 25.5 Å². The van der Waals surface area contributed by atoms with Gasteiger partial charge in [0.05, 0.1) is 20.8 Å². The van der Waals surface area contributed by atoms with Crippen LogP contribution in [-0.2, 0) is 19.6 Å². The zero-order chi connectivity index (χ0) is 20.7. The van der Waals surface area contributed by atoms with Crippen molar-refractivity contribution in [2.24, 2.45) is 0 Å². The Kier molecular flexibility index (Phi) is 7.47. The quantitative estimate of drug-likeness (QED) is 0.466. The lowest BCUT2D eigenvalue weighted by Gasteiger charge is -2.13. The first kappa shape index (κ1) is 21.8. The standard InChI is InChI=1S/C19H20BrNO6S/c1-4-27-19(22)10-7-13-5-8-14(9-6-13)21-28(23,24)18-12-17(26-3)16(25-2)11-15(18)20/h5-12,21H,4H2,1-3H3/b10-7+. The Morgan fingerprint density at radius 1 is 1.11 bits per heavy atom. The Labute approximate surface area is 172 Å². The van der Waals surface area contributed by atoms with E-state index in [4.69, 9.17) is 14.2 Å². The fourth-order valence-corrected chi connectivity index (χ4v) is 4.36. The van der Waals surface area contributed by atoms with E-state index in [1.807, 2.05) is 0 Å². The number of rotatable bonds is 8. The normalized spacial score (nSPS) is 11.3. The number of anilines is 1. The Morgan fingerprint density at radius 3 is 2.29 bits per heavy atom. The van der Waals surface area contributed by atoms with Crippen LogP contribution in [0.3, 0.4) is 0 Å². The average molecular weight is 470 g/mol. The number of hydrogen-bond donors (Lipinski definition) is 1. The maximum absolute atomic E-state index is 12.7. The van der Waals surface area contributed by atoms with Crippen LogP contribution in [0.1, 0.15) is 12.5 Å². The number of methoxy groups -OCH3 is 2. The Bertz CT molecular complexity index is 971. The van der Waals surface area contributed by atoms with E-state index in [1.165, 1.54) is 32.4 Å². The fourth-order valence-electron chi connectivity index (χ4n) is 2.27. The van der Waals surface area contributed by atoms with Gasteiger partial charge >= 0.3 is 5.97 Å². The van der Waals surface area contributed by atoms with Gasteiger partial charge in [-0.2, -0.15) is 0 Å². The van der Waals surface area contributed by atoms with Crippen LogP contribution < -0.4 is 14.2 Å². The Hall–Kier alpha value is -2.52. The molecule has 2 aromatic carbocycles. The number of carbonyl (C=O) groups is 1. The maximum Gasteiger partial charge on any atom is 0.330 e. The highest BCUT2D eigenvalue weighted by atomic mass is 79.9. The topological polar surface area (TPSA) is 90.9 Å². The zero-order valence-corrected chi connectivity index (χ0v) is 18.0. The highest BCUT2D eigenvalue weighted by Crippen LogP contribution is 2.36. The minimum Gasteiger partial charge on any atom is -0.493 e. The van der Waals surface area contributed by atoms with Gasteiger partial charge in [-0.3, -0.25) is 4.72 Å². The van der Waals surface area contributed by atoms with Crippen LogP contribution in [0.15, 0.2) is 51.8 Å². The number of nitrogens with one attached hydrogen (secondary N) is 1. The Balaban J connectivity index is 2.22. The monoisotopic (exact) mass is 469 g/mol. The highest BCUT2D eigenvalue weighted by Gasteiger charge is 2.21. The second kappa shape index (κ2) is 9.61. The van der Waals surface area contributed by atoms with Crippen LogP contribution in [0, 0.1) is 0 Å². The van der Waals surface area contributed by atoms with Crippen molar-refractivity contribution < 1.29 is 27.4 Å². The van der Waals surface area contributed by atoms with E-state index < -0.39 is 16.0 Å². The molecule has 2 aromatic rings. The van der Waals surface area contributed by atoms with Gasteiger partial charge in [0.15, 0.2) is 11.5 Å². The molecule has 0 aromatic heterocycles. The largest absolute Gasteiger partial charge is 0.493 e. The number of sulfonamides is 1. The number of benzene rings is 2. The molecule has 0 heterocycles. The van der Waals surface area contributed by atoms with E-state index in [0.717, 1.165) is 5.56 Å². The van der Waals surface area contributed by atoms with Gasteiger partial charge < -0.3 is 14.2 Å². The maximum atomic E-state index is 12.7. The van der Waals surface area contributed by atoms with Gasteiger partial charge in [-0.05, 0) is 52.7 Å². The molecule has 0 aliphatic rings. The molecule has 1 N–H and O–H groups in total. The first-order valence-corrected chi connectivity index (χ1v) is 10.5. The molecule has 2 rings (SSSR count). The van der Waals surface area contributed by atoms with E-state index in [1.54, 1.807) is 37.3 Å². The van der Waals surface area contributed by atoms with Gasteiger partial charge in [0.2, 0.25) is 0 Å². The molecule has 0 atom stereocenters. The molecule has 0 spiro atoms. The minimum atomic E-state index is -3.87. The van der Waals surface area contributed by atoms with Crippen molar-refractivity contribution in [3.05, 3.63) is 52.5 Å². The molecule has 0 saturated carbocycles. The summed E-state index contributed by atoms with van der Waals surface area (Å²) in [4.78, 5) is 11.3. The van der Waals surface area contributed by atoms with E-state index in [9.17, 15) is 13.2 Å². The molecule has 0 aliphatic heterocycles. The lowest BCUT2D eigenvalue weighted by molar-refractivity contribution is -0.137. The molecular weight excluding hydrogens is 450 g/mol.